The standard InChI is InChI=1S/C23H32O/c1-21(2,3)16-22(4,5)18-13-14-20(24)19(15-18)23(6,7)17-11-9-8-10-12-17/h8-15,24H,16H2,1-7H3. The Balaban J connectivity index is 2.50. The van der Waals surface area contributed by atoms with Gasteiger partial charge in [-0.3, -0.25) is 0 Å². The number of phenolic OH excluding ortho intramolecular Hbond substituents is 1. The minimum absolute atomic E-state index is 0.0630. The quantitative estimate of drug-likeness (QED) is 0.687. The molecule has 1 heteroatoms. The lowest BCUT2D eigenvalue weighted by atomic mass is 9.70. The third kappa shape index (κ3) is 4.01. The van der Waals surface area contributed by atoms with Crippen molar-refractivity contribution in [3.05, 3.63) is 65.2 Å². The molecular formula is C23H32O. The van der Waals surface area contributed by atoms with E-state index in [0.29, 0.717) is 5.75 Å². The Morgan fingerprint density at radius 3 is 1.88 bits per heavy atom. The Bertz CT molecular complexity index is 688. The first-order valence-electron chi connectivity index (χ1n) is 8.83. The minimum Gasteiger partial charge on any atom is -0.508 e. The maximum Gasteiger partial charge on any atom is 0.119 e. The highest BCUT2D eigenvalue weighted by molar-refractivity contribution is 5.48. The number of hydrogen-bond donors (Lipinski definition) is 1. The fraction of sp³-hybridized carbons (Fsp3) is 0.478. The molecule has 0 saturated heterocycles. The summed E-state index contributed by atoms with van der Waals surface area (Å²) in [6, 6.07) is 16.5. The van der Waals surface area contributed by atoms with Crippen molar-refractivity contribution in [2.24, 2.45) is 5.41 Å². The molecule has 0 saturated carbocycles. The van der Waals surface area contributed by atoms with Crippen molar-refractivity contribution in [2.45, 2.75) is 65.7 Å². The number of rotatable bonds is 4. The molecule has 0 aliphatic heterocycles. The zero-order chi connectivity index (χ0) is 18.2. The van der Waals surface area contributed by atoms with Crippen LogP contribution < -0.4 is 0 Å². The molecule has 0 aliphatic carbocycles. The van der Waals surface area contributed by atoms with Gasteiger partial charge in [0.2, 0.25) is 0 Å². The highest BCUT2D eigenvalue weighted by Gasteiger charge is 2.31. The van der Waals surface area contributed by atoms with E-state index in [1.54, 1.807) is 0 Å². The normalized spacial score (nSPS) is 13.1. The van der Waals surface area contributed by atoms with Gasteiger partial charge in [0.25, 0.3) is 0 Å². The number of benzene rings is 2. The average Bonchev–Trinajstić information content (AvgIpc) is 2.45. The fourth-order valence-electron chi connectivity index (χ4n) is 3.90. The van der Waals surface area contributed by atoms with Crippen LogP contribution in [0.1, 0.15) is 71.6 Å². The zero-order valence-electron chi connectivity index (χ0n) is 16.3. The molecule has 0 aliphatic rings. The van der Waals surface area contributed by atoms with Crippen molar-refractivity contribution < 1.29 is 5.11 Å². The van der Waals surface area contributed by atoms with Crippen LogP contribution in [-0.4, -0.2) is 5.11 Å². The summed E-state index contributed by atoms with van der Waals surface area (Å²) in [5.74, 6) is 0.374. The lowest BCUT2D eigenvalue weighted by molar-refractivity contribution is 0.283. The maximum absolute atomic E-state index is 10.5. The Morgan fingerprint density at radius 2 is 1.33 bits per heavy atom. The lowest BCUT2D eigenvalue weighted by Crippen LogP contribution is -2.26. The molecule has 130 valence electrons. The third-order valence-corrected chi connectivity index (χ3v) is 4.92. The summed E-state index contributed by atoms with van der Waals surface area (Å²) >= 11 is 0. The minimum atomic E-state index is -0.237. The van der Waals surface area contributed by atoms with Crippen LogP contribution >= 0.6 is 0 Å². The first-order chi connectivity index (χ1) is 10.9. The van der Waals surface area contributed by atoms with E-state index in [9.17, 15) is 5.11 Å². The predicted molar refractivity (Wildman–Crippen MR) is 104 cm³/mol. The highest BCUT2D eigenvalue weighted by atomic mass is 16.3. The summed E-state index contributed by atoms with van der Waals surface area (Å²) in [6.07, 6.45) is 1.09. The fourth-order valence-corrected chi connectivity index (χ4v) is 3.90. The molecule has 2 aromatic rings. The zero-order valence-corrected chi connectivity index (χ0v) is 16.3. The molecule has 0 atom stereocenters. The number of aromatic hydroxyl groups is 1. The van der Waals surface area contributed by atoms with Gasteiger partial charge in [0, 0.05) is 11.0 Å². The van der Waals surface area contributed by atoms with Crippen molar-refractivity contribution in [1.29, 1.82) is 0 Å². The Kier molecular flexibility index (Phi) is 4.86. The first kappa shape index (κ1) is 18.6. The van der Waals surface area contributed by atoms with E-state index >= 15 is 0 Å². The van der Waals surface area contributed by atoms with Crippen molar-refractivity contribution >= 4 is 0 Å². The second-order valence-electron chi connectivity index (χ2n) is 9.34. The summed E-state index contributed by atoms with van der Waals surface area (Å²) in [7, 11) is 0. The van der Waals surface area contributed by atoms with Gasteiger partial charge in [-0.1, -0.05) is 90.9 Å². The van der Waals surface area contributed by atoms with Crippen LogP contribution in [0.15, 0.2) is 48.5 Å². The van der Waals surface area contributed by atoms with Crippen LogP contribution in [0, 0.1) is 5.41 Å². The predicted octanol–water partition coefficient (Wildman–Crippen LogP) is 6.43. The Morgan fingerprint density at radius 1 is 0.750 bits per heavy atom. The molecule has 0 bridgehead atoms. The van der Waals surface area contributed by atoms with Gasteiger partial charge < -0.3 is 5.11 Å². The molecular weight excluding hydrogens is 292 g/mol. The van der Waals surface area contributed by atoms with Gasteiger partial charge in [0.15, 0.2) is 0 Å². The average molecular weight is 325 g/mol. The van der Waals surface area contributed by atoms with E-state index in [0.717, 1.165) is 12.0 Å². The SMILES string of the molecule is CC(C)(C)CC(C)(C)c1ccc(O)c(C(C)(C)c2ccccc2)c1. The van der Waals surface area contributed by atoms with E-state index in [4.69, 9.17) is 0 Å². The first-order valence-corrected chi connectivity index (χ1v) is 8.83. The number of hydrogen-bond acceptors (Lipinski definition) is 1. The molecule has 0 spiro atoms. The second kappa shape index (κ2) is 6.27. The summed E-state index contributed by atoms with van der Waals surface area (Å²) in [5.41, 5.74) is 3.58. The van der Waals surface area contributed by atoms with Gasteiger partial charge in [-0.25, -0.2) is 0 Å². The van der Waals surface area contributed by atoms with E-state index in [2.05, 4.69) is 84.9 Å². The van der Waals surface area contributed by atoms with Gasteiger partial charge in [0.1, 0.15) is 5.75 Å². The highest BCUT2D eigenvalue weighted by Crippen LogP contribution is 2.42. The molecule has 24 heavy (non-hydrogen) atoms. The smallest absolute Gasteiger partial charge is 0.119 e. The molecule has 2 rings (SSSR count). The third-order valence-electron chi connectivity index (χ3n) is 4.92. The van der Waals surface area contributed by atoms with Crippen LogP contribution in [0.25, 0.3) is 0 Å². The van der Waals surface area contributed by atoms with E-state index in [-0.39, 0.29) is 16.2 Å². The summed E-state index contributed by atoms with van der Waals surface area (Å²) in [5, 5.41) is 10.5. The maximum atomic E-state index is 10.5. The molecule has 1 nitrogen and oxygen atoms in total. The van der Waals surface area contributed by atoms with E-state index in [1.165, 1.54) is 11.1 Å². The van der Waals surface area contributed by atoms with Crippen LogP contribution in [0.2, 0.25) is 0 Å². The number of phenols is 1. The molecule has 0 fully saturated rings. The summed E-state index contributed by atoms with van der Waals surface area (Å²) in [6.45, 7) is 15.8. The van der Waals surface area contributed by atoms with Crippen LogP contribution in [0.3, 0.4) is 0 Å². The molecule has 2 aromatic carbocycles. The molecule has 0 unspecified atom stereocenters. The van der Waals surface area contributed by atoms with Gasteiger partial charge in [-0.05, 0) is 34.4 Å². The molecule has 0 heterocycles. The van der Waals surface area contributed by atoms with Gasteiger partial charge in [0.05, 0.1) is 0 Å². The van der Waals surface area contributed by atoms with Crippen LogP contribution in [0.4, 0.5) is 0 Å². The van der Waals surface area contributed by atoms with Crippen LogP contribution in [0.5, 0.6) is 5.75 Å². The second-order valence-corrected chi connectivity index (χ2v) is 9.34. The molecule has 0 amide bonds. The largest absolute Gasteiger partial charge is 0.508 e. The summed E-state index contributed by atoms with van der Waals surface area (Å²) < 4.78 is 0. The Hall–Kier alpha value is -1.76. The van der Waals surface area contributed by atoms with Crippen LogP contribution in [-0.2, 0) is 10.8 Å². The molecule has 0 aromatic heterocycles. The van der Waals surface area contributed by atoms with Crippen molar-refractivity contribution in [1.82, 2.24) is 0 Å². The summed E-state index contributed by atoms with van der Waals surface area (Å²) in [4.78, 5) is 0. The lowest BCUT2D eigenvalue weighted by Gasteiger charge is -2.35. The van der Waals surface area contributed by atoms with E-state index < -0.39 is 0 Å². The van der Waals surface area contributed by atoms with Crippen molar-refractivity contribution in [3.63, 3.8) is 0 Å². The molecule has 1 N–H and O–H groups in total. The van der Waals surface area contributed by atoms with E-state index in [1.807, 2.05) is 12.1 Å². The topological polar surface area (TPSA) is 20.2 Å². The Labute approximate surface area is 147 Å². The monoisotopic (exact) mass is 324 g/mol. The van der Waals surface area contributed by atoms with Crippen molar-refractivity contribution in [2.75, 3.05) is 0 Å². The van der Waals surface area contributed by atoms with Gasteiger partial charge in [-0.15, -0.1) is 0 Å². The van der Waals surface area contributed by atoms with Gasteiger partial charge in [-0.2, -0.15) is 0 Å². The van der Waals surface area contributed by atoms with Gasteiger partial charge >= 0.3 is 0 Å². The molecule has 0 radical (unpaired) electrons. The van der Waals surface area contributed by atoms with Crippen molar-refractivity contribution in [3.8, 4) is 5.75 Å².